The Hall–Kier alpha value is -3.92. The molecule has 0 spiro atoms. The first-order valence-corrected chi connectivity index (χ1v) is 9.03. The molecule has 29 heavy (non-hydrogen) atoms. The van der Waals surface area contributed by atoms with Gasteiger partial charge in [-0.15, -0.1) is 0 Å². The van der Waals surface area contributed by atoms with E-state index in [1.165, 1.54) is 6.92 Å². The topological polar surface area (TPSA) is 97.0 Å². The lowest BCUT2D eigenvalue weighted by Gasteiger charge is -2.14. The second-order valence-corrected chi connectivity index (χ2v) is 6.62. The Kier molecular flexibility index (Phi) is 5.74. The number of nitrogens with one attached hydrogen (secondary N) is 1. The number of nitrogens with zero attached hydrogens (tertiary/aromatic N) is 3. The summed E-state index contributed by atoms with van der Waals surface area (Å²) in [5.41, 5.74) is 3.95. The zero-order chi connectivity index (χ0) is 21.0. The third-order valence-electron chi connectivity index (χ3n) is 4.27. The monoisotopic (exact) mass is 388 g/mol. The molecule has 0 saturated heterocycles. The number of carbonyl (C=O) groups excluding carboxylic acids is 2. The molecule has 3 aromatic rings. The lowest BCUT2D eigenvalue weighted by Crippen LogP contribution is -2.30. The minimum Gasteiger partial charge on any atom is -0.449 e. The molecule has 1 atom stereocenters. The summed E-state index contributed by atoms with van der Waals surface area (Å²) in [4.78, 5) is 24.6. The van der Waals surface area contributed by atoms with Crippen molar-refractivity contribution in [1.82, 2.24) is 9.78 Å². The van der Waals surface area contributed by atoms with Crippen molar-refractivity contribution in [3.05, 3.63) is 77.1 Å². The van der Waals surface area contributed by atoms with E-state index in [9.17, 15) is 9.59 Å². The van der Waals surface area contributed by atoms with E-state index in [1.54, 1.807) is 53.2 Å². The number of nitriles is 1. The number of hydrogen-bond donors (Lipinski definition) is 1. The van der Waals surface area contributed by atoms with Crippen LogP contribution in [-0.4, -0.2) is 27.8 Å². The molecule has 0 fully saturated rings. The first kappa shape index (κ1) is 19.8. The molecule has 1 amide bonds. The summed E-state index contributed by atoms with van der Waals surface area (Å²) >= 11 is 0. The molecule has 0 saturated carbocycles. The number of aryl methyl sites for hydroxylation is 2. The Morgan fingerprint density at radius 1 is 1.14 bits per heavy atom. The quantitative estimate of drug-likeness (QED) is 0.674. The van der Waals surface area contributed by atoms with Crippen LogP contribution >= 0.6 is 0 Å². The molecule has 0 bridgehead atoms. The number of ether oxygens (including phenoxy) is 1. The maximum atomic E-state index is 12.4. The maximum Gasteiger partial charge on any atom is 0.338 e. The fourth-order valence-corrected chi connectivity index (χ4v) is 2.82. The van der Waals surface area contributed by atoms with Crippen LogP contribution in [0, 0.1) is 25.2 Å². The van der Waals surface area contributed by atoms with E-state index in [2.05, 4.69) is 10.4 Å². The molecule has 0 aliphatic rings. The number of aromatic nitrogens is 2. The van der Waals surface area contributed by atoms with Gasteiger partial charge in [-0.2, -0.15) is 10.4 Å². The average Bonchev–Trinajstić information content (AvgIpc) is 3.06. The van der Waals surface area contributed by atoms with Crippen molar-refractivity contribution in [2.75, 3.05) is 5.32 Å². The van der Waals surface area contributed by atoms with Gasteiger partial charge in [0.2, 0.25) is 0 Å². The van der Waals surface area contributed by atoms with Crippen molar-refractivity contribution >= 4 is 17.6 Å². The van der Waals surface area contributed by atoms with E-state index in [0.717, 1.165) is 17.1 Å². The lowest BCUT2D eigenvalue weighted by atomic mass is 10.2. The Morgan fingerprint density at radius 3 is 2.48 bits per heavy atom. The molecule has 1 unspecified atom stereocenters. The lowest BCUT2D eigenvalue weighted by molar-refractivity contribution is -0.123. The van der Waals surface area contributed by atoms with Gasteiger partial charge in [-0.3, -0.25) is 4.79 Å². The van der Waals surface area contributed by atoms with Crippen LogP contribution < -0.4 is 5.32 Å². The normalized spacial score (nSPS) is 11.4. The van der Waals surface area contributed by atoms with Crippen LogP contribution in [0.15, 0.2) is 54.6 Å². The minimum absolute atomic E-state index is 0.335. The molecule has 7 heteroatoms. The van der Waals surface area contributed by atoms with Crippen LogP contribution in [0.5, 0.6) is 0 Å². The average molecular weight is 388 g/mol. The highest BCUT2D eigenvalue weighted by atomic mass is 16.5. The first-order chi connectivity index (χ1) is 13.9. The summed E-state index contributed by atoms with van der Waals surface area (Å²) in [6.07, 6.45) is -0.996. The zero-order valence-corrected chi connectivity index (χ0v) is 16.3. The molecule has 1 heterocycles. The molecule has 146 valence electrons. The standard InChI is InChI=1S/C22H20N4O3/c1-14-11-15(2)26(25-14)20-9-7-18(8-10-20)22(28)29-16(3)21(27)24-19-6-4-5-17(12-19)13-23/h4-12,16H,1-3H3,(H,24,27). The van der Waals surface area contributed by atoms with Gasteiger partial charge in [0, 0.05) is 11.4 Å². The molecule has 0 aliphatic carbocycles. The van der Waals surface area contributed by atoms with Crippen molar-refractivity contribution in [2.45, 2.75) is 26.9 Å². The van der Waals surface area contributed by atoms with Gasteiger partial charge in [0.15, 0.2) is 6.10 Å². The van der Waals surface area contributed by atoms with Crippen molar-refractivity contribution in [1.29, 1.82) is 5.26 Å². The molecule has 0 aliphatic heterocycles. The third-order valence-corrected chi connectivity index (χ3v) is 4.27. The van der Waals surface area contributed by atoms with Gasteiger partial charge in [-0.1, -0.05) is 6.07 Å². The number of rotatable bonds is 5. The molecule has 2 aromatic carbocycles. The van der Waals surface area contributed by atoms with E-state index >= 15 is 0 Å². The predicted octanol–water partition coefficient (Wildman–Crippen LogP) is 3.54. The molecule has 7 nitrogen and oxygen atoms in total. The number of amides is 1. The van der Waals surface area contributed by atoms with Gasteiger partial charge in [-0.25, -0.2) is 9.48 Å². The van der Waals surface area contributed by atoms with Crippen LogP contribution in [0.2, 0.25) is 0 Å². The van der Waals surface area contributed by atoms with E-state index in [1.807, 2.05) is 26.0 Å². The summed E-state index contributed by atoms with van der Waals surface area (Å²) < 4.78 is 7.05. The van der Waals surface area contributed by atoms with Crippen LogP contribution in [0.4, 0.5) is 5.69 Å². The third kappa shape index (κ3) is 4.68. The largest absolute Gasteiger partial charge is 0.449 e. The Labute approximate surface area is 168 Å². The van der Waals surface area contributed by atoms with Crippen LogP contribution in [0.25, 0.3) is 5.69 Å². The molecule has 1 N–H and O–H groups in total. The Balaban J connectivity index is 1.63. The summed E-state index contributed by atoms with van der Waals surface area (Å²) in [6, 6.07) is 17.3. The van der Waals surface area contributed by atoms with Crippen LogP contribution in [0.3, 0.4) is 0 Å². The molecule has 3 rings (SSSR count). The highest BCUT2D eigenvalue weighted by Crippen LogP contribution is 2.15. The highest BCUT2D eigenvalue weighted by Gasteiger charge is 2.19. The summed E-state index contributed by atoms with van der Waals surface area (Å²) in [6.45, 7) is 5.36. The van der Waals surface area contributed by atoms with E-state index in [0.29, 0.717) is 16.8 Å². The predicted molar refractivity (Wildman–Crippen MR) is 108 cm³/mol. The number of carbonyl (C=O) groups is 2. The second kappa shape index (κ2) is 8.40. The SMILES string of the molecule is Cc1cc(C)n(-c2ccc(C(=O)OC(C)C(=O)Nc3cccc(C#N)c3)cc2)n1. The summed E-state index contributed by atoms with van der Waals surface area (Å²) in [7, 11) is 0. The van der Waals surface area contributed by atoms with E-state index < -0.39 is 18.0 Å². The number of benzene rings is 2. The maximum absolute atomic E-state index is 12.4. The van der Waals surface area contributed by atoms with Gasteiger partial charge >= 0.3 is 5.97 Å². The number of hydrogen-bond acceptors (Lipinski definition) is 5. The molecule has 0 radical (unpaired) electrons. The summed E-state index contributed by atoms with van der Waals surface area (Å²) in [5.74, 6) is -1.08. The minimum atomic E-state index is -0.996. The Bertz CT molecular complexity index is 1090. The van der Waals surface area contributed by atoms with E-state index in [4.69, 9.17) is 10.00 Å². The van der Waals surface area contributed by atoms with Gasteiger partial charge in [-0.05, 0) is 69.3 Å². The zero-order valence-electron chi connectivity index (χ0n) is 16.3. The number of anilines is 1. The first-order valence-electron chi connectivity index (χ1n) is 9.03. The van der Waals surface area contributed by atoms with Crippen molar-refractivity contribution in [2.24, 2.45) is 0 Å². The van der Waals surface area contributed by atoms with Gasteiger partial charge in [0.25, 0.3) is 5.91 Å². The van der Waals surface area contributed by atoms with Gasteiger partial charge in [0.1, 0.15) is 0 Å². The smallest absolute Gasteiger partial charge is 0.338 e. The fraction of sp³-hybridized carbons (Fsp3) is 0.182. The number of esters is 1. The molecular weight excluding hydrogens is 368 g/mol. The van der Waals surface area contributed by atoms with Gasteiger partial charge < -0.3 is 10.1 Å². The highest BCUT2D eigenvalue weighted by molar-refractivity contribution is 5.97. The van der Waals surface area contributed by atoms with Crippen molar-refractivity contribution < 1.29 is 14.3 Å². The molecule has 1 aromatic heterocycles. The Morgan fingerprint density at radius 2 is 1.86 bits per heavy atom. The van der Waals surface area contributed by atoms with Crippen molar-refractivity contribution in [3.8, 4) is 11.8 Å². The summed E-state index contributed by atoms with van der Waals surface area (Å²) in [5, 5.41) is 16.0. The van der Waals surface area contributed by atoms with Crippen molar-refractivity contribution in [3.63, 3.8) is 0 Å². The molecular formula is C22H20N4O3. The second-order valence-electron chi connectivity index (χ2n) is 6.62. The van der Waals surface area contributed by atoms with Gasteiger partial charge in [0.05, 0.1) is 28.6 Å². The fourth-order valence-electron chi connectivity index (χ4n) is 2.82. The van der Waals surface area contributed by atoms with Crippen LogP contribution in [-0.2, 0) is 9.53 Å². The van der Waals surface area contributed by atoms with Crippen LogP contribution in [0.1, 0.15) is 34.2 Å². The van der Waals surface area contributed by atoms with E-state index in [-0.39, 0.29) is 0 Å².